The number of rotatable bonds is 4. The number of amides is 3. The van der Waals surface area contributed by atoms with Gasteiger partial charge >= 0.3 is 0 Å². The van der Waals surface area contributed by atoms with Crippen LogP contribution in [0, 0.1) is 0 Å². The van der Waals surface area contributed by atoms with Gasteiger partial charge in [-0.2, -0.15) is 5.10 Å². The molecule has 2 N–H and O–H groups in total. The largest absolute Gasteiger partial charge is 0.351 e. The van der Waals surface area contributed by atoms with Crippen molar-refractivity contribution in [1.82, 2.24) is 10.7 Å². The van der Waals surface area contributed by atoms with Crippen molar-refractivity contribution < 1.29 is 14.4 Å². The molecule has 0 radical (unpaired) electrons. The fourth-order valence-corrected chi connectivity index (χ4v) is 2.74. The first kappa shape index (κ1) is 15.2. The summed E-state index contributed by atoms with van der Waals surface area (Å²) < 4.78 is 0. The molecule has 1 aromatic rings. The minimum atomic E-state index is -0.249. The number of anilines is 1. The molecule has 2 aliphatic rings. The smallest absolute Gasteiger partial charge is 0.267 e. The Morgan fingerprint density at radius 3 is 2.91 bits per heavy atom. The summed E-state index contributed by atoms with van der Waals surface area (Å²) in [4.78, 5) is 36.2. The van der Waals surface area contributed by atoms with E-state index in [0.717, 1.165) is 16.8 Å². The molecule has 2 aliphatic heterocycles. The van der Waals surface area contributed by atoms with Crippen molar-refractivity contribution in [3.05, 3.63) is 29.3 Å². The van der Waals surface area contributed by atoms with Crippen molar-refractivity contribution in [3.63, 3.8) is 0 Å². The van der Waals surface area contributed by atoms with Gasteiger partial charge in [-0.3, -0.25) is 14.4 Å². The van der Waals surface area contributed by atoms with Gasteiger partial charge in [0.15, 0.2) is 0 Å². The zero-order valence-corrected chi connectivity index (χ0v) is 12.9. The Bertz CT molecular complexity index is 711. The van der Waals surface area contributed by atoms with E-state index in [9.17, 15) is 14.4 Å². The van der Waals surface area contributed by atoms with Gasteiger partial charge in [-0.05, 0) is 23.6 Å². The summed E-state index contributed by atoms with van der Waals surface area (Å²) in [5.41, 5.74) is 5.72. The third-order valence-electron chi connectivity index (χ3n) is 4.09. The van der Waals surface area contributed by atoms with Crippen LogP contribution in [0.3, 0.4) is 0 Å². The van der Waals surface area contributed by atoms with Gasteiger partial charge in [0.1, 0.15) is 5.71 Å². The van der Waals surface area contributed by atoms with Crippen LogP contribution in [0.4, 0.5) is 5.69 Å². The molecule has 3 amide bonds. The molecule has 0 saturated heterocycles. The predicted molar refractivity (Wildman–Crippen MR) is 85.1 cm³/mol. The van der Waals surface area contributed by atoms with Gasteiger partial charge < -0.3 is 10.2 Å². The van der Waals surface area contributed by atoms with E-state index < -0.39 is 0 Å². The van der Waals surface area contributed by atoms with Crippen LogP contribution in [-0.4, -0.2) is 37.0 Å². The zero-order chi connectivity index (χ0) is 16.4. The number of carbonyl (C=O) groups is 3. The molecule has 7 nitrogen and oxygen atoms in total. The molecule has 7 heteroatoms. The van der Waals surface area contributed by atoms with Crippen LogP contribution < -0.4 is 15.6 Å². The monoisotopic (exact) mass is 314 g/mol. The van der Waals surface area contributed by atoms with Crippen LogP contribution in [0.15, 0.2) is 23.3 Å². The van der Waals surface area contributed by atoms with Crippen LogP contribution in [0.2, 0.25) is 0 Å². The number of nitrogens with zero attached hydrogens (tertiary/aromatic N) is 2. The lowest BCUT2D eigenvalue weighted by Gasteiger charge is -2.12. The zero-order valence-electron chi connectivity index (χ0n) is 12.9. The SMILES string of the molecule is CN1C(=O)Cc2cc(CCNC(=O)C3=NNC(=O)CC3)ccc21. The molecular weight excluding hydrogens is 296 g/mol. The van der Waals surface area contributed by atoms with E-state index in [1.807, 2.05) is 18.2 Å². The molecule has 0 atom stereocenters. The minimum Gasteiger partial charge on any atom is -0.351 e. The number of benzene rings is 1. The van der Waals surface area contributed by atoms with Gasteiger partial charge in [0.2, 0.25) is 11.8 Å². The van der Waals surface area contributed by atoms with E-state index >= 15 is 0 Å². The highest BCUT2D eigenvalue weighted by Crippen LogP contribution is 2.28. The number of hydrazone groups is 1. The lowest BCUT2D eigenvalue weighted by molar-refractivity contribution is -0.121. The summed E-state index contributed by atoms with van der Waals surface area (Å²) in [6.07, 6.45) is 1.77. The predicted octanol–water partition coefficient (Wildman–Crippen LogP) is 0.130. The molecule has 0 fully saturated rings. The van der Waals surface area contributed by atoms with Crippen molar-refractivity contribution in [2.75, 3.05) is 18.5 Å². The van der Waals surface area contributed by atoms with Gasteiger partial charge in [0, 0.05) is 32.1 Å². The Kier molecular flexibility index (Phi) is 4.10. The van der Waals surface area contributed by atoms with Crippen LogP contribution >= 0.6 is 0 Å². The topological polar surface area (TPSA) is 90.9 Å². The second-order valence-electron chi connectivity index (χ2n) is 5.69. The van der Waals surface area contributed by atoms with E-state index in [1.54, 1.807) is 11.9 Å². The molecule has 0 bridgehead atoms. The minimum absolute atomic E-state index is 0.0998. The number of hydrogen-bond donors (Lipinski definition) is 2. The van der Waals surface area contributed by atoms with Crippen molar-refractivity contribution in [2.24, 2.45) is 5.10 Å². The number of likely N-dealkylation sites (N-methyl/N-ethyl adjacent to an activating group) is 1. The third-order valence-corrected chi connectivity index (χ3v) is 4.09. The van der Waals surface area contributed by atoms with Crippen molar-refractivity contribution >= 4 is 29.1 Å². The second-order valence-corrected chi connectivity index (χ2v) is 5.69. The lowest BCUT2D eigenvalue weighted by atomic mass is 10.1. The van der Waals surface area contributed by atoms with E-state index in [1.165, 1.54) is 0 Å². The first-order chi connectivity index (χ1) is 11.0. The Morgan fingerprint density at radius 1 is 1.35 bits per heavy atom. The molecule has 0 saturated carbocycles. The summed E-state index contributed by atoms with van der Waals surface area (Å²) in [6.45, 7) is 0.481. The molecule has 0 aromatic heterocycles. The standard InChI is InChI=1S/C16H18N4O3/c1-20-13-4-2-10(8-11(13)9-15(20)22)6-7-17-16(23)12-3-5-14(21)19-18-12/h2,4,8H,3,5-7,9H2,1H3,(H,17,23)(H,19,21). The Morgan fingerprint density at radius 2 is 2.17 bits per heavy atom. The van der Waals surface area contributed by atoms with E-state index in [-0.39, 0.29) is 17.7 Å². The highest BCUT2D eigenvalue weighted by atomic mass is 16.2. The normalized spacial score (nSPS) is 16.7. The van der Waals surface area contributed by atoms with Crippen LogP contribution in [0.25, 0.3) is 0 Å². The molecule has 120 valence electrons. The van der Waals surface area contributed by atoms with Crippen LogP contribution in [-0.2, 0) is 27.2 Å². The quantitative estimate of drug-likeness (QED) is 0.827. The van der Waals surface area contributed by atoms with Gasteiger partial charge in [-0.15, -0.1) is 0 Å². The summed E-state index contributed by atoms with van der Waals surface area (Å²) >= 11 is 0. The molecular formula is C16H18N4O3. The number of hydrogen-bond acceptors (Lipinski definition) is 4. The molecule has 0 aliphatic carbocycles. The highest BCUT2D eigenvalue weighted by molar-refractivity contribution is 6.39. The first-order valence-corrected chi connectivity index (χ1v) is 7.56. The molecule has 0 unspecified atom stereocenters. The fraction of sp³-hybridized carbons (Fsp3) is 0.375. The summed E-state index contributed by atoms with van der Waals surface area (Å²) in [5, 5.41) is 6.56. The second kappa shape index (κ2) is 6.20. The third kappa shape index (κ3) is 3.23. The summed E-state index contributed by atoms with van der Waals surface area (Å²) in [6, 6.07) is 5.93. The van der Waals surface area contributed by atoms with Crippen LogP contribution in [0.1, 0.15) is 24.0 Å². The first-order valence-electron chi connectivity index (χ1n) is 7.56. The number of fused-ring (bicyclic) bond motifs is 1. The van der Waals surface area contributed by atoms with Gasteiger partial charge in [0.25, 0.3) is 5.91 Å². The van der Waals surface area contributed by atoms with Gasteiger partial charge in [-0.1, -0.05) is 12.1 Å². The van der Waals surface area contributed by atoms with Crippen molar-refractivity contribution in [1.29, 1.82) is 0 Å². The fourth-order valence-electron chi connectivity index (χ4n) is 2.74. The maximum atomic E-state index is 11.9. The average Bonchev–Trinajstić information content (AvgIpc) is 2.82. The number of nitrogens with one attached hydrogen (secondary N) is 2. The highest BCUT2D eigenvalue weighted by Gasteiger charge is 2.23. The van der Waals surface area contributed by atoms with Gasteiger partial charge in [0.05, 0.1) is 6.42 Å². The number of carbonyl (C=O) groups excluding carboxylic acids is 3. The molecule has 1 aromatic carbocycles. The lowest BCUT2D eigenvalue weighted by Crippen LogP contribution is -2.37. The van der Waals surface area contributed by atoms with E-state index in [0.29, 0.717) is 37.9 Å². The molecule has 2 heterocycles. The Balaban J connectivity index is 1.54. The van der Waals surface area contributed by atoms with E-state index in [4.69, 9.17) is 0 Å². The van der Waals surface area contributed by atoms with E-state index in [2.05, 4.69) is 15.8 Å². The van der Waals surface area contributed by atoms with Crippen molar-refractivity contribution in [3.8, 4) is 0 Å². The maximum Gasteiger partial charge on any atom is 0.267 e. The molecule has 23 heavy (non-hydrogen) atoms. The average molecular weight is 314 g/mol. The summed E-state index contributed by atoms with van der Waals surface area (Å²) in [7, 11) is 1.78. The molecule has 0 spiro atoms. The van der Waals surface area contributed by atoms with Crippen LogP contribution in [0.5, 0.6) is 0 Å². The Hall–Kier alpha value is -2.70. The van der Waals surface area contributed by atoms with Crippen molar-refractivity contribution in [2.45, 2.75) is 25.7 Å². The summed E-state index contributed by atoms with van der Waals surface area (Å²) in [5.74, 6) is -0.317. The Labute approximate surface area is 133 Å². The molecule has 3 rings (SSSR count). The van der Waals surface area contributed by atoms with Gasteiger partial charge in [-0.25, -0.2) is 5.43 Å². The maximum absolute atomic E-state index is 11.9.